The molecule has 0 saturated heterocycles. The lowest BCUT2D eigenvalue weighted by molar-refractivity contribution is 0.213. The number of anilines is 1. The van der Waals surface area contributed by atoms with Crippen LogP contribution in [0.1, 0.15) is 0 Å². The molecular weight excluding hydrogens is 280 g/mol. The van der Waals surface area contributed by atoms with Crippen LogP contribution < -0.4 is 14.8 Å². The first kappa shape index (κ1) is 13.9. The lowest BCUT2D eigenvalue weighted by Gasteiger charge is -2.10. The molecule has 0 aliphatic carbocycles. The number of benzene rings is 2. The van der Waals surface area contributed by atoms with Gasteiger partial charge in [-0.15, -0.1) is 0 Å². The van der Waals surface area contributed by atoms with Crippen molar-refractivity contribution in [3.63, 3.8) is 0 Å². The van der Waals surface area contributed by atoms with Gasteiger partial charge in [0.1, 0.15) is 0 Å². The van der Waals surface area contributed by atoms with Crippen molar-refractivity contribution < 1.29 is 14.3 Å². The van der Waals surface area contributed by atoms with Crippen molar-refractivity contribution >= 4 is 22.7 Å². The van der Waals surface area contributed by atoms with Crippen LogP contribution in [0.15, 0.2) is 60.8 Å². The van der Waals surface area contributed by atoms with E-state index < -0.39 is 6.09 Å². The van der Waals surface area contributed by atoms with Gasteiger partial charge in [-0.2, -0.15) is 0 Å². The molecule has 1 amide bonds. The van der Waals surface area contributed by atoms with Crippen molar-refractivity contribution in [2.75, 3.05) is 12.4 Å². The van der Waals surface area contributed by atoms with Crippen molar-refractivity contribution in [1.82, 2.24) is 4.98 Å². The molecule has 0 aliphatic rings. The SMILES string of the molecule is COc1ccccc1OC(=O)Nc1cccc2cccnc12. The van der Waals surface area contributed by atoms with Crippen molar-refractivity contribution in [3.8, 4) is 11.5 Å². The number of ether oxygens (including phenoxy) is 2. The molecule has 0 saturated carbocycles. The molecule has 1 aromatic heterocycles. The monoisotopic (exact) mass is 294 g/mol. The third-order valence-corrected chi connectivity index (χ3v) is 3.14. The Kier molecular flexibility index (Phi) is 3.87. The molecule has 0 radical (unpaired) electrons. The van der Waals surface area contributed by atoms with Crippen LogP contribution in [0.25, 0.3) is 10.9 Å². The van der Waals surface area contributed by atoms with Crippen molar-refractivity contribution in [1.29, 1.82) is 0 Å². The van der Waals surface area contributed by atoms with Crippen molar-refractivity contribution in [2.24, 2.45) is 0 Å². The Bertz CT molecular complexity index is 812. The number of amides is 1. The second-order valence-electron chi connectivity index (χ2n) is 4.55. The van der Waals surface area contributed by atoms with E-state index >= 15 is 0 Å². The van der Waals surface area contributed by atoms with Crippen molar-refractivity contribution in [2.45, 2.75) is 0 Å². The Morgan fingerprint density at radius 1 is 1.00 bits per heavy atom. The molecule has 110 valence electrons. The maximum Gasteiger partial charge on any atom is 0.417 e. The zero-order valence-electron chi connectivity index (χ0n) is 11.9. The van der Waals surface area contributed by atoms with E-state index in [2.05, 4.69) is 10.3 Å². The second-order valence-corrected chi connectivity index (χ2v) is 4.55. The summed E-state index contributed by atoms with van der Waals surface area (Å²) in [5.74, 6) is 0.851. The topological polar surface area (TPSA) is 60.5 Å². The molecule has 0 aliphatic heterocycles. The Morgan fingerprint density at radius 3 is 2.59 bits per heavy atom. The molecule has 5 heteroatoms. The first-order valence-electron chi connectivity index (χ1n) is 6.73. The summed E-state index contributed by atoms with van der Waals surface area (Å²) in [7, 11) is 1.52. The van der Waals surface area contributed by atoms with E-state index in [0.717, 1.165) is 5.39 Å². The first-order valence-corrected chi connectivity index (χ1v) is 6.73. The Labute approximate surface area is 127 Å². The Morgan fingerprint density at radius 2 is 1.77 bits per heavy atom. The molecule has 3 rings (SSSR count). The molecule has 2 aromatic carbocycles. The summed E-state index contributed by atoms with van der Waals surface area (Å²) in [5.41, 5.74) is 1.31. The smallest absolute Gasteiger partial charge is 0.417 e. The molecule has 5 nitrogen and oxygen atoms in total. The fourth-order valence-corrected chi connectivity index (χ4v) is 2.14. The van der Waals surface area contributed by atoms with Crippen LogP contribution in [0.3, 0.4) is 0 Å². The number of carbonyl (C=O) groups excluding carboxylic acids is 1. The molecule has 0 fully saturated rings. The van der Waals surface area contributed by atoms with E-state index in [1.165, 1.54) is 7.11 Å². The average molecular weight is 294 g/mol. The highest BCUT2D eigenvalue weighted by Crippen LogP contribution is 2.27. The lowest BCUT2D eigenvalue weighted by atomic mass is 10.2. The number of rotatable bonds is 3. The highest BCUT2D eigenvalue weighted by Gasteiger charge is 2.11. The Hall–Kier alpha value is -3.08. The van der Waals surface area contributed by atoms with Crippen molar-refractivity contribution in [3.05, 3.63) is 60.8 Å². The summed E-state index contributed by atoms with van der Waals surface area (Å²) in [6.45, 7) is 0. The van der Waals surface area contributed by atoms with Gasteiger partial charge in [0, 0.05) is 11.6 Å². The minimum absolute atomic E-state index is 0.357. The summed E-state index contributed by atoms with van der Waals surface area (Å²) >= 11 is 0. The van der Waals surface area contributed by atoms with Gasteiger partial charge in [-0.05, 0) is 24.3 Å². The highest BCUT2D eigenvalue weighted by molar-refractivity contribution is 5.98. The number of carbonyl (C=O) groups is 1. The first-order chi connectivity index (χ1) is 10.8. The van der Waals surface area contributed by atoms with Gasteiger partial charge in [0.25, 0.3) is 0 Å². The summed E-state index contributed by atoms with van der Waals surface area (Å²) in [6.07, 6.45) is 1.08. The van der Waals surface area contributed by atoms with Gasteiger partial charge in [0.15, 0.2) is 11.5 Å². The number of hydrogen-bond acceptors (Lipinski definition) is 4. The quantitative estimate of drug-likeness (QED) is 0.797. The van der Waals surface area contributed by atoms with E-state index in [4.69, 9.17) is 9.47 Å². The van der Waals surface area contributed by atoms with Crippen LogP contribution in [0, 0.1) is 0 Å². The summed E-state index contributed by atoms with van der Waals surface area (Å²) in [4.78, 5) is 16.4. The van der Waals surface area contributed by atoms with Crippen LogP contribution in [-0.2, 0) is 0 Å². The van der Waals surface area contributed by atoms with E-state index in [-0.39, 0.29) is 0 Å². The largest absolute Gasteiger partial charge is 0.493 e. The molecule has 1 N–H and O–H groups in total. The molecule has 0 atom stereocenters. The minimum Gasteiger partial charge on any atom is -0.493 e. The normalized spacial score (nSPS) is 10.2. The highest BCUT2D eigenvalue weighted by atomic mass is 16.6. The molecule has 3 aromatic rings. The fourth-order valence-electron chi connectivity index (χ4n) is 2.14. The third kappa shape index (κ3) is 2.83. The minimum atomic E-state index is -0.595. The fraction of sp³-hybridized carbons (Fsp3) is 0.0588. The predicted molar refractivity (Wildman–Crippen MR) is 84.4 cm³/mol. The van der Waals surface area contributed by atoms with Crippen LogP contribution in [0.4, 0.5) is 10.5 Å². The van der Waals surface area contributed by atoms with Crippen LogP contribution in [0.5, 0.6) is 11.5 Å². The van der Waals surface area contributed by atoms with Crippen LogP contribution >= 0.6 is 0 Å². The summed E-state index contributed by atoms with van der Waals surface area (Å²) < 4.78 is 10.4. The zero-order valence-corrected chi connectivity index (χ0v) is 11.9. The van der Waals surface area contributed by atoms with Gasteiger partial charge in [-0.25, -0.2) is 4.79 Å². The number of para-hydroxylation sites is 3. The molecule has 22 heavy (non-hydrogen) atoms. The van der Waals surface area contributed by atoms with Gasteiger partial charge < -0.3 is 9.47 Å². The lowest BCUT2D eigenvalue weighted by Crippen LogP contribution is -2.17. The van der Waals surface area contributed by atoms with Crippen LogP contribution in [-0.4, -0.2) is 18.2 Å². The molecule has 0 spiro atoms. The number of pyridine rings is 1. The maximum atomic E-state index is 12.1. The molecule has 1 heterocycles. The van der Waals surface area contributed by atoms with E-state index in [1.54, 1.807) is 36.5 Å². The third-order valence-electron chi connectivity index (χ3n) is 3.14. The van der Waals surface area contributed by atoms with Gasteiger partial charge >= 0.3 is 6.09 Å². The summed E-state index contributed by atoms with van der Waals surface area (Å²) in [5, 5.41) is 3.65. The predicted octanol–water partition coefficient (Wildman–Crippen LogP) is 3.85. The summed E-state index contributed by atoms with van der Waals surface area (Å²) in [6, 6.07) is 16.3. The van der Waals surface area contributed by atoms with Crippen LogP contribution in [0.2, 0.25) is 0 Å². The number of nitrogens with one attached hydrogen (secondary N) is 1. The van der Waals surface area contributed by atoms with E-state index in [0.29, 0.717) is 22.7 Å². The van der Waals surface area contributed by atoms with Gasteiger partial charge in [-0.3, -0.25) is 10.3 Å². The van der Waals surface area contributed by atoms with E-state index in [9.17, 15) is 4.79 Å². The maximum absolute atomic E-state index is 12.1. The number of methoxy groups -OCH3 is 1. The number of nitrogens with zero attached hydrogens (tertiary/aromatic N) is 1. The van der Waals surface area contributed by atoms with Gasteiger partial charge in [0.05, 0.1) is 18.3 Å². The van der Waals surface area contributed by atoms with Gasteiger partial charge in [0.2, 0.25) is 0 Å². The molecular formula is C17H14N2O3. The standard InChI is InChI=1S/C17H14N2O3/c1-21-14-9-2-3-10-15(14)22-17(20)19-13-8-4-6-12-7-5-11-18-16(12)13/h2-11H,1H3,(H,19,20). The average Bonchev–Trinajstić information content (AvgIpc) is 2.55. The second kappa shape index (κ2) is 6.13. The van der Waals surface area contributed by atoms with E-state index in [1.807, 2.05) is 24.3 Å². The number of aromatic nitrogens is 1. The Balaban J connectivity index is 1.82. The number of hydrogen-bond donors (Lipinski definition) is 1. The molecule has 0 unspecified atom stereocenters. The molecule has 0 bridgehead atoms. The zero-order chi connectivity index (χ0) is 15.4. The number of fused-ring (bicyclic) bond motifs is 1. The van der Waals surface area contributed by atoms with Gasteiger partial charge in [-0.1, -0.05) is 30.3 Å².